The molecule has 2 aromatic carbocycles. The summed E-state index contributed by atoms with van der Waals surface area (Å²) in [5.74, 6) is 0. The highest BCUT2D eigenvalue weighted by Crippen LogP contribution is 2.37. The SMILES string of the molecule is Cn1c2cccc(Br)c2c2c(Br)cccc21. The summed E-state index contributed by atoms with van der Waals surface area (Å²) >= 11 is 7.26. The first kappa shape index (κ1) is 10.4. The molecule has 0 bridgehead atoms. The molecule has 3 rings (SSSR count). The Kier molecular flexibility index (Phi) is 2.33. The molecule has 80 valence electrons. The number of aromatic nitrogens is 1. The van der Waals surface area contributed by atoms with E-state index in [0.29, 0.717) is 0 Å². The summed E-state index contributed by atoms with van der Waals surface area (Å²) in [6.45, 7) is 0. The Morgan fingerprint density at radius 2 is 1.25 bits per heavy atom. The molecule has 0 amide bonds. The van der Waals surface area contributed by atoms with Crippen molar-refractivity contribution in [3.05, 3.63) is 45.3 Å². The molecule has 0 aliphatic heterocycles. The van der Waals surface area contributed by atoms with E-state index in [2.05, 4.69) is 79.9 Å². The summed E-state index contributed by atoms with van der Waals surface area (Å²) in [7, 11) is 2.10. The van der Waals surface area contributed by atoms with Gasteiger partial charge in [-0.25, -0.2) is 0 Å². The van der Waals surface area contributed by atoms with Crippen LogP contribution in [0.5, 0.6) is 0 Å². The third kappa shape index (κ3) is 1.28. The van der Waals surface area contributed by atoms with Crippen LogP contribution in [0.3, 0.4) is 0 Å². The van der Waals surface area contributed by atoms with Gasteiger partial charge in [-0.15, -0.1) is 0 Å². The molecule has 0 atom stereocenters. The Hall–Kier alpha value is -0.800. The van der Waals surface area contributed by atoms with E-state index in [9.17, 15) is 0 Å². The number of rotatable bonds is 0. The minimum Gasteiger partial charge on any atom is -0.344 e. The standard InChI is InChI=1S/C13H9Br2N/c1-16-10-6-2-4-8(14)12(10)13-9(15)5-3-7-11(13)16/h2-7H,1H3. The highest BCUT2D eigenvalue weighted by Gasteiger charge is 2.12. The second-order valence-electron chi connectivity index (χ2n) is 3.83. The molecule has 0 saturated carbocycles. The largest absolute Gasteiger partial charge is 0.344 e. The molecule has 0 N–H and O–H groups in total. The van der Waals surface area contributed by atoms with Crippen LogP contribution in [-0.4, -0.2) is 4.57 Å². The van der Waals surface area contributed by atoms with Gasteiger partial charge >= 0.3 is 0 Å². The van der Waals surface area contributed by atoms with E-state index in [4.69, 9.17) is 0 Å². The summed E-state index contributed by atoms with van der Waals surface area (Å²) in [6.07, 6.45) is 0. The van der Waals surface area contributed by atoms with Gasteiger partial charge in [0.15, 0.2) is 0 Å². The van der Waals surface area contributed by atoms with E-state index in [1.54, 1.807) is 0 Å². The lowest BCUT2D eigenvalue weighted by atomic mass is 10.1. The van der Waals surface area contributed by atoms with E-state index >= 15 is 0 Å². The van der Waals surface area contributed by atoms with Crippen molar-refractivity contribution in [2.45, 2.75) is 0 Å². The van der Waals surface area contributed by atoms with Gasteiger partial charge in [-0.3, -0.25) is 0 Å². The maximum atomic E-state index is 3.63. The van der Waals surface area contributed by atoms with E-state index in [1.165, 1.54) is 21.8 Å². The highest BCUT2D eigenvalue weighted by atomic mass is 79.9. The number of hydrogen-bond donors (Lipinski definition) is 0. The third-order valence-corrected chi connectivity index (χ3v) is 4.28. The van der Waals surface area contributed by atoms with Gasteiger partial charge in [0.1, 0.15) is 0 Å². The van der Waals surface area contributed by atoms with Crippen molar-refractivity contribution in [2.24, 2.45) is 7.05 Å². The number of benzene rings is 2. The normalized spacial score (nSPS) is 11.4. The van der Waals surface area contributed by atoms with Crippen LogP contribution in [0.4, 0.5) is 0 Å². The lowest BCUT2D eigenvalue weighted by molar-refractivity contribution is 1.01. The van der Waals surface area contributed by atoms with E-state index < -0.39 is 0 Å². The van der Waals surface area contributed by atoms with Crippen molar-refractivity contribution < 1.29 is 0 Å². The summed E-state index contributed by atoms with van der Waals surface area (Å²) < 4.78 is 4.50. The van der Waals surface area contributed by atoms with Crippen LogP contribution in [0.1, 0.15) is 0 Å². The van der Waals surface area contributed by atoms with Crippen molar-refractivity contribution >= 4 is 53.7 Å². The van der Waals surface area contributed by atoms with Gasteiger partial charge in [0.05, 0.1) is 11.0 Å². The fourth-order valence-electron chi connectivity index (χ4n) is 2.21. The molecule has 0 saturated heterocycles. The van der Waals surface area contributed by atoms with Crippen LogP contribution in [0.2, 0.25) is 0 Å². The molecule has 3 aromatic rings. The lowest BCUT2D eigenvalue weighted by Crippen LogP contribution is -1.85. The predicted octanol–water partition coefficient (Wildman–Crippen LogP) is 4.86. The topological polar surface area (TPSA) is 4.93 Å². The molecular weight excluding hydrogens is 330 g/mol. The highest BCUT2D eigenvalue weighted by molar-refractivity contribution is 9.11. The Balaban J connectivity index is 2.73. The lowest BCUT2D eigenvalue weighted by Gasteiger charge is -1.97. The molecule has 0 radical (unpaired) electrons. The van der Waals surface area contributed by atoms with Gasteiger partial charge < -0.3 is 4.57 Å². The van der Waals surface area contributed by atoms with Crippen LogP contribution in [-0.2, 0) is 7.05 Å². The maximum Gasteiger partial charge on any atom is 0.0500 e. The smallest absolute Gasteiger partial charge is 0.0500 e. The summed E-state index contributed by atoms with van der Waals surface area (Å²) in [5, 5.41) is 2.54. The average molecular weight is 339 g/mol. The molecule has 0 unspecified atom stereocenters. The fraction of sp³-hybridized carbons (Fsp3) is 0.0769. The molecule has 0 aliphatic rings. The molecule has 1 nitrogen and oxygen atoms in total. The quantitative estimate of drug-likeness (QED) is 0.551. The Morgan fingerprint density at radius 1 is 0.812 bits per heavy atom. The number of hydrogen-bond acceptors (Lipinski definition) is 0. The van der Waals surface area contributed by atoms with Gasteiger partial charge in [0.2, 0.25) is 0 Å². The zero-order chi connectivity index (χ0) is 11.3. The van der Waals surface area contributed by atoms with Crippen LogP contribution in [0, 0.1) is 0 Å². The fourth-order valence-corrected chi connectivity index (χ4v) is 3.32. The number of fused-ring (bicyclic) bond motifs is 3. The molecular formula is C13H9Br2N. The first-order chi connectivity index (χ1) is 7.70. The molecule has 3 heteroatoms. The van der Waals surface area contributed by atoms with Gasteiger partial charge in [-0.2, -0.15) is 0 Å². The maximum absolute atomic E-state index is 3.63. The molecule has 0 spiro atoms. The van der Waals surface area contributed by atoms with Gasteiger partial charge in [-0.05, 0) is 24.3 Å². The van der Waals surface area contributed by atoms with Crippen molar-refractivity contribution in [3.8, 4) is 0 Å². The Labute approximate surface area is 110 Å². The molecule has 0 aliphatic carbocycles. The first-order valence-corrected chi connectivity index (χ1v) is 6.60. The van der Waals surface area contributed by atoms with Crippen LogP contribution < -0.4 is 0 Å². The molecule has 16 heavy (non-hydrogen) atoms. The van der Waals surface area contributed by atoms with Crippen LogP contribution in [0.15, 0.2) is 45.3 Å². The molecule has 1 aromatic heterocycles. The van der Waals surface area contributed by atoms with E-state index in [0.717, 1.165) is 8.95 Å². The second-order valence-corrected chi connectivity index (χ2v) is 5.54. The monoisotopic (exact) mass is 337 g/mol. The van der Waals surface area contributed by atoms with Crippen LogP contribution in [0.25, 0.3) is 21.8 Å². The minimum absolute atomic E-state index is 1.14. The van der Waals surface area contributed by atoms with Gasteiger partial charge in [0.25, 0.3) is 0 Å². The minimum atomic E-state index is 1.14. The second kappa shape index (κ2) is 3.60. The van der Waals surface area contributed by atoms with Gasteiger partial charge in [-0.1, -0.05) is 44.0 Å². The number of aryl methyl sites for hydroxylation is 1. The summed E-state index contributed by atoms with van der Waals surface area (Å²) in [6, 6.07) is 12.6. The number of nitrogens with zero attached hydrogens (tertiary/aromatic N) is 1. The first-order valence-electron chi connectivity index (χ1n) is 5.01. The van der Waals surface area contributed by atoms with Crippen molar-refractivity contribution in [2.75, 3.05) is 0 Å². The Morgan fingerprint density at radius 3 is 1.69 bits per heavy atom. The summed E-state index contributed by atoms with van der Waals surface area (Å²) in [5.41, 5.74) is 2.49. The van der Waals surface area contributed by atoms with E-state index in [-0.39, 0.29) is 0 Å². The zero-order valence-electron chi connectivity index (χ0n) is 8.67. The van der Waals surface area contributed by atoms with Crippen LogP contribution >= 0.6 is 31.9 Å². The summed E-state index contributed by atoms with van der Waals surface area (Å²) in [4.78, 5) is 0. The molecule has 1 heterocycles. The van der Waals surface area contributed by atoms with E-state index in [1.807, 2.05) is 0 Å². The zero-order valence-corrected chi connectivity index (χ0v) is 11.8. The van der Waals surface area contributed by atoms with Crippen molar-refractivity contribution in [3.63, 3.8) is 0 Å². The Bertz CT molecular complexity index is 639. The number of halogens is 2. The molecule has 0 fully saturated rings. The third-order valence-electron chi connectivity index (χ3n) is 2.96. The van der Waals surface area contributed by atoms with Crippen molar-refractivity contribution in [1.82, 2.24) is 4.57 Å². The van der Waals surface area contributed by atoms with Gasteiger partial charge in [0, 0.05) is 26.8 Å². The van der Waals surface area contributed by atoms with Crippen molar-refractivity contribution in [1.29, 1.82) is 0 Å². The predicted molar refractivity (Wildman–Crippen MR) is 75.8 cm³/mol. The average Bonchev–Trinajstić information content (AvgIpc) is 2.56.